The molecular weight excluding hydrogens is 542 g/mol. The van der Waals surface area contributed by atoms with Crippen molar-refractivity contribution in [3.63, 3.8) is 0 Å². The van der Waals surface area contributed by atoms with Crippen LogP contribution < -0.4 is 0 Å². The fourth-order valence-electron chi connectivity index (χ4n) is 6.28. The first kappa shape index (κ1) is 23.0. The summed E-state index contributed by atoms with van der Waals surface area (Å²) in [5.74, 6) is 0.648. The van der Waals surface area contributed by atoms with E-state index in [-0.39, 0.29) is 0 Å². The van der Waals surface area contributed by atoms with E-state index in [4.69, 9.17) is 21.6 Å². The Hall–Kier alpha value is -4.77. The van der Waals surface area contributed by atoms with Gasteiger partial charge in [0.05, 0.1) is 22.2 Å². The Balaban J connectivity index is 1.42. The predicted octanol–water partition coefficient (Wildman–Crippen LogP) is 10.6. The van der Waals surface area contributed by atoms with Gasteiger partial charge in [-0.05, 0) is 47.2 Å². The molecule has 0 N–H and O–H groups in total. The maximum absolute atomic E-state index is 6.56. The molecular formula is C36H20ClN3S. The van der Waals surface area contributed by atoms with Gasteiger partial charge in [0.25, 0.3) is 0 Å². The molecule has 9 aromatic rings. The van der Waals surface area contributed by atoms with Crippen molar-refractivity contribution in [2.24, 2.45) is 0 Å². The smallest absolute Gasteiger partial charge is 0.235 e. The van der Waals surface area contributed by atoms with Crippen LogP contribution in [0.25, 0.3) is 80.9 Å². The molecule has 0 aliphatic rings. The highest BCUT2D eigenvalue weighted by Crippen LogP contribution is 2.42. The van der Waals surface area contributed by atoms with Gasteiger partial charge in [-0.1, -0.05) is 96.5 Å². The van der Waals surface area contributed by atoms with Gasteiger partial charge in [0.15, 0.2) is 0 Å². The quantitative estimate of drug-likeness (QED) is 0.210. The molecule has 192 valence electrons. The van der Waals surface area contributed by atoms with E-state index in [1.54, 1.807) is 0 Å². The van der Waals surface area contributed by atoms with E-state index in [0.717, 1.165) is 44.0 Å². The zero-order chi connectivity index (χ0) is 27.1. The Bertz CT molecular complexity index is 2510. The van der Waals surface area contributed by atoms with Crippen molar-refractivity contribution in [2.75, 3.05) is 0 Å². The van der Waals surface area contributed by atoms with Gasteiger partial charge in [0, 0.05) is 46.9 Å². The number of rotatable bonds is 2. The van der Waals surface area contributed by atoms with E-state index in [1.165, 1.54) is 30.9 Å². The van der Waals surface area contributed by atoms with Crippen LogP contribution in [-0.4, -0.2) is 14.5 Å². The third kappa shape index (κ3) is 3.32. The fourth-order valence-corrected chi connectivity index (χ4v) is 7.67. The second-order valence-electron chi connectivity index (χ2n) is 10.3. The van der Waals surface area contributed by atoms with Crippen LogP contribution in [0.5, 0.6) is 0 Å². The number of nitrogens with zero attached hydrogens (tertiary/aromatic N) is 3. The summed E-state index contributed by atoms with van der Waals surface area (Å²) in [7, 11) is 0. The minimum atomic E-state index is 0.648. The number of para-hydroxylation sites is 1. The van der Waals surface area contributed by atoms with Gasteiger partial charge in [0.1, 0.15) is 0 Å². The maximum Gasteiger partial charge on any atom is 0.235 e. The SMILES string of the molecule is Clc1ccc2c(c1)c1c3ccccc3ccc1n2-c1nc(-c2cccc3c2sc2ccccc23)c2ccccc2n1. The van der Waals surface area contributed by atoms with Crippen molar-refractivity contribution in [3.8, 4) is 17.2 Å². The standard InChI is InChI=1S/C36H20ClN3S/c37-22-17-19-30-28(20-22)33-23-9-2-1-8-21(23)16-18-31(33)40(30)36-38-29-14-5-3-11-26(29)34(39-36)27-13-7-12-25-24-10-4-6-15-32(24)41-35(25)27/h1-20H. The summed E-state index contributed by atoms with van der Waals surface area (Å²) >= 11 is 8.38. The molecule has 3 nitrogen and oxygen atoms in total. The molecule has 41 heavy (non-hydrogen) atoms. The van der Waals surface area contributed by atoms with Crippen LogP contribution in [0.1, 0.15) is 0 Å². The molecule has 0 fully saturated rings. The first-order valence-corrected chi connectivity index (χ1v) is 14.7. The van der Waals surface area contributed by atoms with Gasteiger partial charge < -0.3 is 0 Å². The van der Waals surface area contributed by atoms with Gasteiger partial charge in [-0.3, -0.25) is 4.57 Å². The zero-order valence-electron chi connectivity index (χ0n) is 21.7. The zero-order valence-corrected chi connectivity index (χ0v) is 23.2. The number of hydrogen-bond donors (Lipinski definition) is 0. The molecule has 3 aromatic heterocycles. The van der Waals surface area contributed by atoms with Crippen LogP contribution in [0.2, 0.25) is 5.02 Å². The van der Waals surface area contributed by atoms with Crippen molar-refractivity contribution in [2.45, 2.75) is 0 Å². The second-order valence-corrected chi connectivity index (χ2v) is 11.8. The molecule has 0 bridgehead atoms. The molecule has 0 radical (unpaired) electrons. The third-order valence-corrected chi connectivity index (χ3v) is 9.52. The highest BCUT2D eigenvalue weighted by atomic mass is 35.5. The van der Waals surface area contributed by atoms with Crippen LogP contribution in [0.3, 0.4) is 0 Å². The summed E-state index contributed by atoms with van der Waals surface area (Å²) in [4.78, 5) is 10.5. The Morgan fingerprint density at radius 1 is 0.585 bits per heavy atom. The van der Waals surface area contributed by atoms with Crippen molar-refractivity contribution < 1.29 is 0 Å². The van der Waals surface area contributed by atoms with E-state index >= 15 is 0 Å². The van der Waals surface area contributed by atoms with E-state index in [0.29, 0.717) is 11.0 Å². The van der Waals surface area contributed by atoms with E-state index in [9.17, 15) is 0 Å². The number of benzene rings is 6. The normalized spacial score (nSPS) is 12.0. The summed E-state index contributed by atoms with van der Waals surface area (Å²) in [6.07, 6.45) is 0. The van der Waals surface area contributed by atoms with Crippen molar-refractivity contribution in [1.29, 1.82) is 0 Å². The van der Waals surface area contributed by atoms with Gasteiger partial charge in [-0.2, -0.15) is 0 Å². The van der Waals surface area contributed by atoms with Crippen molar-refractivity contribution in [1.82, 2.24) is 14.5 Å². The summed E-state index contributed by atoms with van der Waals surface area (Å²) < 4.78 is 4.71. The molecule has 0 amide bonds. The Morgan fingerprint density at radius 2 is 1.34 bits per heavy atom. The lowest BCUT2D eigenvalue weighted by molar-refractivity contribution is 1.01. The van der Waals surface area contributed by atoms with Crippen LogP contribution in [-0.2, 0) is 0 Å². The number of fused-ring (bicyclic) bond motifs is 9. The first-order valence-electron chi connectivity index (χ1n) is 13.5. The molecule has 6 aromatic carbocycles. The van der Waals surface area contributed by atoms with Gasteiger partial charge in [-0.15, -0.1) is 11.3 Å². The molecule has 0 saturated heterocycles. The highest BCUT2D eigenvalue weighted by Gasteiger charge is 2.20. The average molecular weight is 562 g/mol. The molecule has 0 aliphatic carbocycles. The fraction of sp³-hybridized carbons (Fsp3) is 0. The van der Waals surface area contributed by atoms with E-state index in [1.807, 2.05) is 23.5 Å². The van der Waals surface area contributed by atoms with Gasteiger partial charge in [0.2, 0.25) is 5.95 Å². The molecule has 0 atom stereocenters. The number of hydrogen-bond acceptors (Lipinski definition) is 3. The lowest BCUT2D eigenvalue weighted by Crippen LogP contribution is -2.03. The summed E-state index contributed by atoms with van der Waals surface area (Å²) in [6, 6.07) is 42.4. The third-order valence-electron chi connectivity index (χ3n) is 8.07. The maximum atomic E-state index is 6.56. The minimum absolute atomic E-state index is 0.648. The highest BCUT2D eigenvalue weighted by molar-refractivity contribution is 7.26. The summed E-state index contributed by atoms with van der Waals surface area (Å²) in [6.45, 7) is 0. The van der Waals surface area contributed by atoms with Crippen LogP contribution in [0, 0.1) is 0 Å². The molecule has 5 heteroatoms. The molecule has 3 heterocycles. The topological polar surface area (TPSA) is 30.7 Å². The van der Waals surface area contributed by atoms with Gasteiger partial charge >= 0.3 is 0 Å². The number of aromatic nitrogens is 3. The number of thiophene rings is 1. The van der Waals surface area contributed by atoms with Crippen LogP contribution in [0.15, 0.2) is 121 Å². The Morgan fingerprint density at radius 3 is 2.27 bits per heavy atom. The van der Waals surface area contributed by atoms with Gasteiger partial charge in [-0.25, -0.2) is 9.97 Å². The van der Waals surface area contributed by atoms with E-state index in [2.05, 4.69) is 114 Å². The average Bonchev–Trinajstić information content (AvgIpc) is 3.56. The minimum Gasteiger partial charge on any atom is -0.278 e. The molecule has 9 rings (SSSR count). The second kappa shape index (κ2) is 8.61. The molecule has 0 saturated carbocycles. The summed E-state index contributed by atoms with van der Waals surface area (Å²) in [5, 5.41) is 8.91. The first-order chi connectivity index (χ1) is 20.2. The number of halogens is 1. The lowest BCUT2D eigenvalue weighted by atomic mass is 10.0. The lowest BCUT2D eigenvalue weighted by Gasteiger charge is -2.12. The molecule has 0 aliphatic heterocycles. The van der Waals surface area contributed by atoms with Crippen molar-refractivity contribution >= 4 is 86.6 Å². The molecule has 0 spiro atoms. The largest absolute Gasteiger partial charge is 0.278 e. The van der Waals surface area contributed by atoms with Crippen LogP contribution >= 0.6 is 22.9 Å². The Kier molecular flexibility index (Phi) is 4.83. The van der Waals surface area contributed by atoms with Crippen molar-refractivity contribution in [3.05, 3.63) is 126 Å². The monoisotopic (exact) mass is 561 g/mol. The Labute approximate surface area is 243 Å². The van der Waals surface area contributed by atoms with Crippen LogP contribution in [0.4, 0.5) is 0 Å². The molecule has 0 unspecified atom stereocenters. The predicted molar refractivity (Wildman–Crippen MR) is 175 cm³/mol. The summed E-state index contributed by atoms with van der Waals surface area (Å²) in [5.41, 5.74) is 5.06. The van der Waals surface area contributed by atoms with E-state index < -0.39 is 0 Å².